The van der Waals surface area contributed by atoms with Gasteiger partial charge in [-0.3, -0.25) is 0 Å². The first-order valence-electron chi connectivity index (χ1n) is 8.41. The lowest BCUT2D eigenvalue weighted by molar-refractivity contribution is 0.164. The Morgan fingerprint density at radius 2 is 1.96 bits per heavy atom. The minimum Gasteiger partial charge on any atom is -0.484 e. The molecule has 0 saturated heterocycles. The van der Waals surface area contributed by atoms with Crippen molar-refractivity contribution in [2.45, 2.75) is 13.5 Å². The number of halogens is 1. The van der Waals surface area contributed by atoms with Crippen molar-refractivity contribution >= 4 is 5.82 Å². The Balaban J connectivity index is 1.52. The van der Waals surface area contributed by atoms with E-state index >= 15 is 0 Å². The quantitative estimate of drug-likeness (QED) is 0.771. The minimum atomic E-state index is -0.227. The molecule has 0 radical (unpaired) electrons. The summed E-state index contributed by atoms with van der Waals surface area (Å²) >= 11 is 0. The predicted octanol–water partition coefficient (Wildman–Crippen LogP) is 3.97. The SMILES string of the molecule is Cc1nc2c(cc1-c1ccc(NCc3ccccc3F)nc1)OCCO2. The predicted molar refractivity (Wildman–Crippen MR) is 96.9 cm³/mol. The van der Waals surface area contributed by atoms with Crippen molar-refractivity contribution in [2.24, 2.45) is 0 Å². The maximum absolute atomic E-state index is 13.7. The molecular formula is C20H18FN3O2. The number of rotatable bonds is 4. The fourth-order valence-corrected chi connectivity index (χ4v) is 2.84. The number of benzene rings is 1. The molecule has 0 amide bonds. The van der Waals surface area contributed by atoms with E-state index in [1.807, 2.05) is 31.2 Å². The van der Waals surface area contributed by atoms with Gasteiger partial charge in [0.2, 0.25) is 0 Å². The molecule has 1 N–H and O–H groups in total. The zero-order valence-electron chi connectivity index (χ0n) is 14.3. The summed E-state index contributed by atoms with van der Waals surface area (Å²) in [5, 5.41) is 3.13. The summed E-state index contributed by atoms with van der Waals surface area (Å²) in [4.78, 5) is 8.89. The van der Waals surface area contributed by atoms with E-state index in [1.165, 1.54) is 6.07 Å². The lowest BCUT2D eigenvalue weighted by Crippen LogP contribution is -2.16. The van der Waals surface area contributed by atoms with Gasteiger partial charge in [-0.05, 0) is 31.2 Å². The standard InChI is InChI=1S/C20H18FN3O2/c1-13-16(10-18-20(24-13)26-9-8-25-18)14-6-7-19(22-11-14)23-12-15-4-2-3-5-17(15)21/h2-7,10-11H,8-9,12H2,1H3,(H,22,23). The van der Waals surface area contributed by atoms with E-state index in [-0.39, 0.29) is 5.82 Å². The number of fused-ring (bicyclic) bond motifs is 1. The highest BCUT2D eigenvalue weighted by molar-refractivity contribution is 5.68. The van der Waals surface area contributed by atoms with Gasteiger partial charge in [0, 0.05) is 35.1 Å². The molecule has 0 fully saturated rings. The molecule has 3 aromatic rings. The molecule has 4 rings (SSSR count). The summed E-state index contributed by atoms with van der Waals surface area (Å²) in [5.74, 6) is 1.64. The van der Waals surface area contributed by atoms with E-state index < -0.39 is 0 Å². The van der Waals surface area contributed by atoms with Crippen LogP contribution in [0.25, 0.3) is 11.1 Å². The van der Waals surface area contributed by atoms with Crippen LogP contribution in [0.2, 0.25) is 0 Å². The summed E-state index contributed by atoms with van der Waals surface area (Å²) < 4.78 is 24.8. The highest BCUT2D eigenvalue weighted by atomic mass is 19.1. The summed E-state index contributed by atoms with van der Waals surface area (Å²) in [7, 11) is 0. The van der Waals surface area contributed by atoms with Crippen LogP contribution in [-0.2, 0) is 6.54 Å². The number of anilines is 1. The van der Waals surface area contributed by atoms with Gasteiger partial charge in [0.15, 0.2) is 5.75 Å². The second-order valence-electron chi connectivity index (χ2n) is 6.00. The normalized spacial score (nSPS) is 12.7. The smallest absolute Gasteiger partial charge is 0.257 e. The van der Waals surface area contributed by atoms with Crippen LogP contribution < -0.4 is 14.8 Å². The van der Waals surface area contributed by atoms with Gasteiger partial charge in [-0.2, -0.15) is 0 Å². The average molecular weight is 351 g/mol. The monoisotopic (exact) mass is 351 g/mol. The fraction of sp³-hybridized carbons (Fsp3) is 0.200. The molecule has 132 valence electrons. The van der Waals surface area contributed by atoms with Gasteiger partial charge < -0.3 is 14.8 Å². The van der Waals surface area contributed by atoms with E-state index in [9.17, 15) is 4.39 Å². The molecule has 0 unspecified atom stereocenters. The van der Waals surface area contributed by atoms with Crippen molar-refractivity contribution in [3.05, 3.63) is 65.7 Å². The summed E-state index contributed by atoms with van der Waals surface area (Å²) in [6.07, 6.45) is 1.77. The van der Waals surface area contributed by atoms with Gasteiger partial charge in [0.05, 0.1) is 0 Å². The Kier molecular flexibility index (Phi) is 4.39. The highest BCUT2D eigenvalue weighted by Crippen LogP contribution is 2.34. The van der Waals surface area contributed by atoms with Gasteiger partial charge in [-0.1, -0.05) is 18.2 Å². The van der Waals surface area contributed by atoms with Crippen LogP contribution in [0, 0.1) is 12.7 Å². The molecule has 0 spiro atoms. The van der Waals surface area contributed by atoms with Gasteiger partial charge in [-0.25, -0.2) is 14.4 Å². The zero-order chi connectivity index (χ0) is 17.9. The number of nitrogens with zero attached hydrogens (tertiary/aromatic N) is 2. The van der Waals surface area contributed by atoms with Gasteiger partial charge in [0.25, 0.3) is 5.88 Å². The fourth-order valence-electron chi connectivity index (χ4n) is 2.84. The summed E-state index contributed by atoms with van der Waals surface area (Å²) in [6, 6.07) is 12.4. The van der Waals surface area contributed by atoms with Gasteiger partial charge >= 0.3 is 0 Å². The molecule has 0 atom stereocenters. The van der Waals surface area contributed by atoms with Crippen molar-refractivity contribution in [1.29, 1.82) is 0 Å². The largest absolute Gasteiger partial charge is 0.484 e. The molecule has 0 bridgehead atoms. The maximum atomic E-state index is 13.7. The molecule has 2 aromatic heterocycles. The number of nitrogens with one attached hydrogen (secondary N) is 1. The van der Waals surface area contributed by atoms with Crippen LogP contribution in [-0.4, -0.2) is 23.2 Å². The Hall–Kier alpha value is -3.15. The molecule has 1 aromatic carbocycles. The van der Waals surface area contributed by atoms with Crippen molar-refractivity contribution in [3.63, 3.8) is 0 Å². The number of hydrogen-bond donors (Lipinski definition) is 1. The van der Waals surface area contributed by atoms with E-state index in [1.54, 1.807) is 18.3 Å². The third-order valence-corrected chi connectivity index (χ3v) is 4.22. The topological polar surface area (TPSA) is 56.3 Å². The van der Waals surface area contributed by atoms with Gasteiger partial charge in [-0.15, -0.1) is 0 Å². The third kappa shape index (κ3) is 3.31. The highest BCUT2D eigenvalue weighted by Gasteiger charge is 2.16. The third-order valence-electron chi connectivity index (χ3n) is 4.22. The Morgan fingerprint density at radius 1 is 1.12 bits per heavy atom. The van der Waals surface area contributed by atoms with Crippen LogP contribution in [0.3, 0.4) is 0 Å². The van der Waals surface area contributed by atoms with E-state index in [4.69, 9.17) is 9.47 Å². The summed E-state index contributed by atoms with van der Waals surface area (Å²) in [6.45, 7) is 3.35. The molecule has 6 heteroatoms. The first-order valence-corrected chi connectivity index (χ1v) is 8.41. The summed E-state index contributed by atoms with van der Waals surface area (Å²) in [5.41, 5.74) is 3.33. The molecule has 1 aliphatic rings. The number of ether oxygens (including phenoxy) is 2. The minimum absolute atomic E-state index is 0.227. The Labute approximate surface area is 150 Å². The van der Waals surface area contributed by atoms with Crippen molar-refractivity contribution in [3.8, 4) is 22.8 Å². The van der Waals surface area contributed by atoms with E-state index in [2.05, 4.69) is 15.3 Å². The lowest BCUT2D eigenvalue weighted by Gasteiger charge is -2.19. The molecule has 0 saturated carbocycles. The lowest BCUT2D eigenvalue weighted by atomic mass is 10.1. The van der Waals surface area contributed by atoms with Gasteiger partial charge in [0.1, 0.15) is 24.8 Å². The number of aryl methyl sites for hydroxylation is 1. The first-order chi connectivity index (χ1) is 12.7. The van der Waals surface area contributed by atoms with Crippen LogP contribution in [0.4, 0.5) is 10.2 Å². The first kappa shape index (κ1) is 16.3. The number of pyridine rings is 2. The molecular weight excluding hydrogens is 333 g/mol. The second-order valence-corrected chi connectivity index (χ2v) is 6.00. The molecule has 1 aliphatic heterocycles. The Bertz CT molecular complexity index is 929. The number of hydrogen-bond acceptors (Lipinski definition) is 5. The maximum Gasteiger partial charge on any atom is 0.257 e. The van der Waals surface area contributed by atoms with Crippen LogP contribution in [0.15, 0.2) is 48.7 Å². The molecule has 0 aliphatic carbocycles. The van der Waals surface area contributed by atoms with Crippen LogP contribution >= 0.6 is 0 Å². The molecule has 5 nitrogen and oxygen atoms in total. The van der Waals surface area contributed by atoms with Crippen molar-refractivity contribution in [1.82, 2.24) is 9.97 Å². The number of aromatic nitrogens is 2. The van der Waals surface area contributed by atoms with Crippen LogP contribution in [0.1, 0.15) is 11.3 Å². The average Bonchev–Trinajstić information content (AvgIpc) is 2.67. The Morgan fingerprint density at radius 3 is 2.77 bits per heavy atom. The zero-order valence-corrected chi connectivity index (χ0v) is 14.3. The molecule has 3 heterocycles. The second kappa shape index (κ2) is 7.00. The molecule has 26 heavy (non-hydrogen) atoms. The van der Waals surface area contributed by atoms with Crippen molar-refractivity contribution < 1.29 is 13.9 Å². The van der Waals surface area contributed by atoms with E-state index in [0.29, 0.717) is 42.8 Å². The van der Waals surface area contributed by atoms with Crippen molar-refractivity contribution in [2.75, 3.05) is 18.5 Å². The van der Waals surface area contributed by atoms with E-state index in [0.717, 1.165) is 16.8 Å². The van der Waals surface area contributed by atoms with Crippen LogP contribution in [0.5, 0.6) is 11.6 Å².